The van der Waals surface area contributed by atoms with Crippen LogP contribution < -0.4 is 16.4 Å². The summed E-state index contributed by atoms with van der Waals surface area (Å²) in [7, 11) is 0. The molecule has 0 aliphatic carbocycles. The third kappa shape index (κ3) is 3.70. The molecule has 0 unspecified atom stereocenters. The van der Waals surface area contributed by atoms with Crippen molar-refractivity contribution in [2.45, 2.75) is 0 Å². The van der Waals surface area contributed by atoms with Gasteiger partial charge in [-0.2, -0.15) is 0 Å². The monoisotopic (exact) mass is 253 g/mol. The Morgan fingerprint density at radius 1 is 1.11 bits per heavy atom. The minimum Gasteiger partial charge on any atom is -0.478 e. The van der Waals surface area contributed by atoms with Crippen LogP contribution in [0.4, 0.5) is 5.95 Å². The summed E-state index contributed by atoms with van der Waals surface area (Å²) in [6, 6.07) is 0. The number of nitrogens with zero attached hydrogens (tertiary/aromatic N) is 3. The summed E-state index contributed by atoms with van der Waals surface area (Å²) in [5.41, 5.74) is 9.89. The first kappa shape index (κ1) is 13.4. The molecule has 2 amide bonds. The maximum Gasteiger partial charge on any atom is 0.338 e. The number of nitrogens with two attached hydrogens (primary N) is 2. The largest absolute Gasteiger partial charge is 0.478 e. The number of aromatic carboxylic acids is 1. The first-order chi connectivity index (χ1) is 8.40. The van der Waals surface area contributed by atoms with Gasteiger partial charge in [0, 0.05) is 12.4 Å². The number of hydrogen-bond donors (Lipinski definition) is 3. The lowest BCUT2D eigenvalue weighted by atomic mass is 10.3. The SMILES string of the molecule is NC(=O)CN(CC(N)=O)c1ncc(C(=O)O)cn1. The van der Waals surface area contributed by atoms with Gasteiger partial charge in [-0.25, -0.2) is 14.8 Å². The molecule has 1 rings (SSSR count). The van der Waals surface area contributed by atoms with E-state index >= 15 is 0 Å². The van der Waals surface area contributed by atoms with E-state index in [1.807, 2.05) is 0 Å². The summed E-state index contributed by atoms with van der Waals surface area (Å²) in [4.78, 5) is 40.8. The maximum absolute atomic E-state index is 10.8. The Morgan fingerprint density at radius 2 is 1.56 bits per heavy atom. The molecule has 0 saturated carbocycles. The number of primary amides is 2. The van der Waals surface area contributed by atoms with E-state index in [1.165, 1.54) is 0 Å². The summed E-state index contributed by atoms with van der Waals surface area (Å²) in [5.74, 6) is -2.57. The van der Waals surface area contributed by atoms with Crippen molar-refractivity contribution in [3.05, 3.63) is 18.0 Å². The second-order valence-corrected chi connectivity index (χ2v) is 3.37. The highest BCUT2D eigenvalue weighted by Gasteiger charge is 2.15. The number of carboxylic acid groups (broad SMARTS) is 1. The van der Waals surface area contributed by atoms with E-state index in [1.54, 1.807) is 0 Å². The van der Waals surface area contributed by atoms with Crippen LogP contribution in [-0.4, -0.2) is 45.9 Å². The van der Waals surface area contributed by atoms with Gasteiger partial charge < -0.3 is 21.5 Å². The van der Waals surface area contributed by atoms with Gasteiger partial charge in [-0.15, -0.1) is 0 Å². The minimum atomic E-state index is -1.18. The molecule has 9 nitrogen and oxygen atoms in total. The molecule has 0 radical (unpaired) electrons. The van der Waals surface area contributed by atoms with Gasteiger partial charge in [0.15, 0.2) is 0 Å². The molecular weight excluding hydrogens is 242 g/mol. The van der Waals surface area contributed by atoms with Crippen LogP contribution in [0, 0.1) is 0 Å². The number of rotatable bonds is 6. The molecule has 9 heteroatoms. The van der Waals surface area contributed by atoms with Gasteiger partial charge in [0.2, 0.25) is 17.8 Å². The zero-order valence-electron chi connectivity index (χ0n) is 9.24. The fourth-order valence-corrected chi connectivity index (χ4v) is 1.17. The number of carbonyl (C=O) groups is 3. The van der Waals surface area contributed by atoms with Crippen molar-refractivity contribution in [2.24, 2.45) is 11.5 Å². The van der Waals surface area contributed by atoms with Crippen LogP contribution in [0.1, 0.15) is 10.4 Å². The Bertz CT molecular complexity index is 456. The van der Waals surface area contributed by atoms with Gasteiger partial charge in [-0.05, 0) is 0 Å². The molecule has 1 heterocycles. The fourth-order valence-electron chi connectivity index (χ4n) is 1.17. The summed E-state index contributed by atoms with van der Waals surface area (Å²) < 4.78 is 0. The van der Waals surface area contributed by atoms with Crippen molar-refractivity contribution in [1.82, 2.24) is 9.97 Å². The Labute approximate surface area is 101 Å². The van der Waals surface area contributed by atoms with Gasteiger partial charge in [-0.1, -0.05) is 0 Å². The van der Waals surface area contributed by atoms with E-state index in [-0.39, 0.29) is 24.6 Å². The molecule has 96 valence electrons. The zero-order chi connectivity index (χ0) is 13.7. The molecule has 0 aliphatic heterocycles. The van der Waals surface area contributed by atoms with Crippen molar-refractivity contribution in [1.29, 1.82) is 0 Å². The predicted octanol–water partition coefficient (Wildman–Crippen LogP) is -2.05. The van der Waals surface area contributed by atoms with Gasteiger partial charge >= 0.3 is 5.97 Å². The highest BCUT2D eigenvalue weighted by Crippen LogP contribution is 2.06. The van der Waals surface area contributed by atoms with E-state index in [4.69, 9.17) is 16.6 Å². The van der Waals surface area contributed by atoms with Crippen molar-refractivity contribution in [3.63, 3.8) is 0 Å². The Kier molecular flexibility index (Phi) is 4.13. The van der Waals surface area contributed by atoms with Crippen LogP contribution in [-0.2, 0) is 9.59 Å². The lowest BCUT2D eigenvalue weighted by Crippen LogP contribution is -2.40. The number of hydrogen-bond acceptors (Lipinski definition) is 6. The maximum atomic E-state index is 10.8. The molecule has 18 heavy (non-hydrogen) atoms. The average Bonchev–Trinajstić information content (AvgIpc) is 2.27. The number of amides is 2. The quantitative estimate of drug-likeness (QED) is 0.527. The molecule has 0 aromatic carbocycles. The van der Waals surface area contributed by atoms with Crippen molar-refractivity contribution in [2.75, 3.05) is 18.0 Å². The van der Waals surface area contributed by atoms with Crippen molar-refractivity contribution < 1.29 is 19.5 Å². The topological polar surface area (TPSA) is 152 Å². The Hall–Kier alpha value is -2.71. The first-order valence-electron chi connectivity index (χ1n) is 4.77. The van der Waals surface area contributed by atoms with Crippen LogP contribution in [0.5, 0.6) is 0 Å². The zero-order valence-corrected chi connectivity index (χ0v) is 9.24. The van der Waals surface area contributed by atoms with Crippen LogP contribution in [0.15, 0.2) is 12.4 Å². The standard InChI is InChI=1S/C9H11N5O4/c10-6(15)3-14(4-7(11)16)9-12-1-5(2-13-9)8(17)18/h1-2H,3-4H2,(H2,10,15)(H2,11,16)(H,17,18). The Morgan fingerprint density at radius 3 is 1.89 bits per heavy atom. The highest BCUT2D eigenvalue weighted by molar-refractivity contribution is 5.87. The van der Waals surface area contributed by atoms with Gasteiger partial charge in [0.05, 0.1) is 5.56 Å². The van der Waals surface area contributed by atoms with E-state index in [0.29, 0.717) is 0 Å². The Balaban J connectivity index is 2.93. The average molecular weight is 253 g/mol. The minimum absolute atomic E-state index is 0.00222. The molecule has 0 aliphatic rings. The molecule has 1 aromatic rings. The number of aromatic nitrogens is 2. The third-order valence-corrected chi connectivity index (χ3v) is 1.86. The number of carboxylic acids is 1. The van der Waals surface area contributed by atoms with Crippen LogP contribution in [0.25, 0.3) is 0 Å². The molecule has 5 N–H and O–H groups in total. The molecule has 0 bridgehead atoms. The smallest absolute Gasteiger partial charge is 0.338 e. The van der Waals surface area contributed by atoms with E-state index < -0.39 is 17.8 Å². The third-order valence-electron chi connectivity index (χ3n) is 1.86. The summed E-state index contributed by atoms with van der Waals surface area (Å²) >= 11 is 0. The van der Waals surface area contributed by atoms with E-state index in [9.17, 15) is 14.4 Å². The predicted molar refractivity (Wildman–Crippen MR) is 59.6 cm³/mol. The van der Waals surface area contributed by atoms with Crippen LogP contribution in [0.2, 0.25) is 0 Å². The van der Waals surface area contributed by atoms with Gasteiger partial charge in [-0.3, -0.25) is 9.59 Å². The lowest BCUT2D eigenvalue weighted by molar-refractivity contribution is -0.117. The molecule has 0 saturated heterocycles. The molecule has 1 aromatic heterocycles. The van der Waals surface area contributed by atoms with Crippen LogP contribution in [0.3, 0.4) is 0 Å². The normalized spacial score (nSPS) is 9.78. The summed E-state index contributed by atoms with van der Waals surface area (Å²) in [6.07, 6.45) is 2.11. The summed E-state index contributed by atoms with van der Waals surface area (Å²) in [6.45, 7) is -0.593. The lowest BCUT2D eigenvalue weighted by Gasteiger charge is -2.18. The van der Waals surface area contributed by atoms with Crippen LogP contribution >= 0.6 is 0 Å². The highest BCUT2D eigenvalue weighted by atomic mass is 16.4. The molecular formula is C9H11N5O4. The molecule has 0 atom stereocenters. The van der Waals surface area contributed by atoms with Crippen molar-refractivity contribution >= 4 is 23.7 Å². The van der Waals surface area contributed by atoms with E-state index in [0.717, 1.165) is 17.3 Å². The van der Waals surface area contributed by atoms with Gasteiger partial charge in [0.1, 0.15) is 13.1 Å². The number of carbonyl (C=O) groups excluding carboxylic acids is 2. The van der Waals surface area contributed by atoms with E-state index in [2.05, 4.69) is 9.97 Å². The first-order valence-corrected chi connectivity index (χ1v) is 4.77. The summed E-state index contributed by atoms with van der Waals surface area (Å²) in [5, 5.41) is 8.66. The fraction of sp³-hybridized carbons (Fsp3) is 0.222. The molecule has 0 spiro atoms. The molecule has 0 fully saturated rings. The van der Waals surface area contributed by atoms with Gasteiger partial charge in [0.25, 0.3) is 0 Å². The number of anilines is 1. The van der Waals surface area contributed by atoms with Crippen molar-refractivity contribution in [3.8, 4) is 0 Å². The second-order valence-electron chi connectivity index (χ2n) is 3.37. The second kappa shape index (κ2) is 5.57.